The number of halogens is 4. The van der Waals surface area contributed by atoms with Crippen LogP contribution < -0.4 is 10.1 Å². The molecule has 1 N–H and O–H groups in total. The third-order valence-corrected chi connectivity index (χ3v) is 7.39. The summed E-state index contributed by atoms with van der Waals surface area (Å²) in [6.45, 7) is 5.95. The average Bonchev–Trinajstić information content (AvgIpc) is 3.43. The quantitative estimate of drug-likeness (QED) is 0.211. The van der Waals surface area contributed by atoms with Gasteiger partial charge in [-0.1, -0.05) is 19.6 Å². The first-order valence-corrected chi connectivity index (χ1v) is 15.3. The molecule has 1 amide bonds. The number of ether oxygens (including phenoxy) is 2. The van der Waals surface area contributed by atoms with Crippen molar-refractivity contribution in [3.05, 3.63) is 36.7 Å². The van der Waals surface area contributed by atoms with Gasteiger partial charge in [-0.3, -0.25) is 4.79 Å². The Hall–Kier alpha value is -2.99. The van der Waals surface area contributed by atoms with Gasteiger partial charge in [0.15, 0.2) is 6.61 Å². The predicted molar refractivity (Wildman–Crippen MR) is 130 cm³/mol. The van der Waals surface area contributed by atoms with Crippen molar-refractivity contribution < 1.29 is 31.8 Å². The van der Waals surface area contributed by atoms with Crippen molar-refractivity contribution in [3.8, 4) is 17.0 Å². The number of hydrogen-bond donors (Lipinski definition) is 1. The number of carbonyl (C=O) groups excluding carboxylic acids is 1. The van der Waals surface area contributed by atoms with Crippen molar-refractivity contribution in [1.82, 2.24) is 14.5 Å². The molecule has 12 heteroatoms. The maximum Gasteiger partial charge on any atom is 0.422 e. The fourth-order valence-electron chi connectivity index (χ4n) is 3.60. The van der Waals surface area contributed by atoms with E-state index in [0.717, 1.165) is 6.04 Å². The summed E-state index contributed by atoms with van der Waals surface area (Å²) in [5.41, 5.74) is 1.37. The Labute approximate surface area is 206 Å². The lowest BCUT2D eigenvalue weighted by Crippen LogP contribution is -2.22. The van der Waals surface area contributed by atoms with E-state index >= 15 is 0 Å². The molecule has 0 aliphatic heterocycles. The number of aromatic nitrogens is 3. The first kappa shape index (κ1) is 26.1. The van der Waals surface area contributed by atoms with Gasteiger partial charge in [0.25, 0.3) is 0 Å². The molecule has 0 aromatic carbocycles. The summed E-state index contributed by atoms with van der Waals surface area (Å²) < 4.78 is 64.2. The number of carbonyl (C=O) groups is 1. The van der Waals surface area contributed by atoms with Crippen LogP contribution in [0.2, 0.25) is 25.7 Å². The maximum absolute atomic E-state index is 13.3. The number of hydrogen-bond acceptors (Lipinski definition) is 5. The van der Waals surface area contributed by atoms with E-state index in [9.17, 15) is 22.4 Å². The topological polar surface area (TPSA) is 78.3 Å². The van der Waals surface area contributed by atoms with Crippen molar-refractivity contribution in [2.75, 3.05) is 18.5 Å². The van der Waals surface area contributed by atoms with Crippen LogP contribution in [-0.4, -0.2) is 54.1 Å². The van der Waals surface area contributed by atoms with E-state index in [2.05, 4.69) is 34.9 Å². The first-order chi connectivity index (χ1) is 16.9. The van der Waals surface area contributed by atoms with Gasteiger partial charge in [0.1, 0.15) is 24.4 Å². The Balaban J connectivity index is 1.67. The van der Waals surface area contributed by atoms with E-state index < -0.39 is 38.9 Å². The Morgan fingerprint density at radius 3 is 2.64 bits per heavy atom. The molecule has 194 valence electrons. The van der Waals surface area contributed by atoms with E-state index in [1.54, 1.807) is 35.0 Å². The Kier molecular flexibility index (Phi) is 7.37. The van der Waals surface area contributed by atoms with Crippen LogP contribution in [0.5, 0.6) is 5.88 Å². The Morgan fingerprint density at radius 1 is 1.22 bits per heavy atom. The molecule has 4 rings (SSSR count). The number of amides is 1. The summed E-state index contributed by atoms with van der Waals surface area (Å²) in [7, 11) is -1.31. The molecule has 1 saturated carbocycles. The lowest BCUT2D eigenvalue weighted by atomic mass is 10.1. The average molecular weight is 525 g/mol. The monoisotopic (exact) mass is 524 g/mol. The molecule has 0 spiro atoms. The van der Waals surface area contributed by atoms with Gasteiger partial charge in [0.05, 0.1) is 5.92 Å². The van der Waals surface area contributed by atoms with E-state index in [1.807, 2.05) is 0 Å². The van der Waals surface area contributed by atoms with Crippen LogP contribution in [0.1, 0.15) is 6.42 Å². The maximum atomic E-state index is 13.3. The number of nitrogens with one attached hydrogen (secondary N) is 1. The summed E-state index contributed by atoms with van der Waals surface area (Å²) >= 11 is 0. The fourth-order valence-corrected chi connectivity index (χ4v) is 4.36. The van der Waals surface area contributed by atoms with Gasteiger partial charge < -0.3 is 19.4 Å². The molecule has 1 fully saturated rings. The molecule has 36 heavy (non-hydrogen) atoms. The third kappa shape index (κ3) is 6.61. The zero-order valence-electron chi connectivity index (χ0n) is 20.2. The number of alkyl halides is 4. The lowest BCUT2D eigenvalue weighted by molar-refractivity contribution is -0.154. The van der Waals surface area contributed by atoms with Crippen LogP contribution in [-0.2, 0) is 16.3 Å². The summed E-state index contributed by atoms with van der Waals surface area (Å²) in [4.78, 5) is 20.7. The lowest BCUT2D eigenvalue weighted by Gasteiger charge is -2.15. The van der Waals surface area contributed by atoms with Gasteiger partial charge >= 0.3 is 6.18 Å². The van der Waals surface area contributed by atoms with Crippen LogP contribution in [0.15, 0.2) is 36.7 Å². The van der Waals surface area contributed by atoms with Crippen LogP contribution in [0, 0.1) is 5.92 Å². The zero-order chi connectivity index (χ0) is 26.1. The molecule has 1 aliphatic carbocycles. The second-order valence-electron chi connectivity index (χ2n) is 10.0. The summed E-state index contributed by atoms with van der Waals surface area (Å²) in [5, 5.41) is 3.25. The van der Waals surface area contributed by atoms with Crippen molar-refractivity contribution in [3.63, 3.8) is 0 Å². The highest BCUT2D eigenvalue weighted by molar-refractivity contribution is 6.76. The number of fused-ring (bicyclic) bond motifs is 1. The number of rotatable bonds is 10. The number of pyridine rings is 2. The minimum Gasteiger partial charge on any atom is -0.468 e. The second kappa shape index (κ2) is 10.2. The molecule has 2 atom stereocenters. The predicted octanol–water partition coefficient (Wildman–Crippen LogP) is 5.65. The largest absolute Gasteiger partial charge is 0.468 e. The van der Waals surface area contributed by atoms with Gasteiger partial charge in [-0.15, -0.1) is 0 Å². The molecule has 0 saturated heterocycles. The normalized spacial score (nSPS) is 17.9. The molecule has 7 nitrogen and oxygen atoms in total. The van der Waals surface area contributed by atoms with Crippen molar-refractivity contribution in [1.29, 1.82) is 0 Å². The van der Waals surface area contributed by atoms with Crippen molar-refractivity contribution in [2.45, 2.75) is 51.2 Å². The van der Waals surface area contributed by atoms with E-state index in [0.29, 0.717) is 28.8 Å². The van der Waals surface area contributed by atoms with Crippen molar-refractivity contribution in [2.24, 2.45) is 5.92 Å². The van der Waals surface area contributed by atoms with Gasteiger partial charge in [-0.05, 0) is 36.7 Å². The van der Waals surface area contributed by atoms with Crippen molar-refractivity contribution >= 4 is 30.8 Å². The van der Waals surface area contributed by atoms with Crippen LogP contribution >= 0.6 is 0 Å². The third-order valence-electron chi connectivity index (χ3n) is 5.68. The summed E-state index contributed by atoms with van der Waals surface area (Å²) in [6, 6.07) is 7.45. The highest BCUT2D eigenvalue weighted by Gasteiger charge is 2.43. The van der Waals surface area contributed by atoms with Crippen LogP contribution in [0.4, 0.5) is 23.4 Å². The second-order valence-corrected chi connectivity index (χ2v) is 15.7. The fraction of sp³-hybridized carbons (Fsp3) is 0.458. The van der Waals surface area contributed by atoms with Gasteiger partial charge in [-0.25, -0.2) is 14.4 Å². The number of nitrogens with zero attached hydrogens (tertiary/aromatic N) is 3. The van der Waals surface area contributed by atoms with E-state index in [4.69, 9.17) is 9.47 Å². The van der Waals surface area contributed by atoms with Gasteiger partial charge in [-0.2, -0.15) is 13.2 Å². The molecule has 1 aliphatic rings. The molecule has 0 radical (unpaired) electrons. The summed E-state index contributed by atoms with van der Waals surface area (Å²) in [5.74, 6) is -1.01. The SMILES string of the molecule is C[Si](C)(C)CCOCn1cc(-c2cccnc2OCC(F)(F)F)c2ccc(NC(=O)[C@@H]3C[C@@H]3F)nc21. The number of anilines is 1. The Bertz CT molecular complexity index is 1240. The molecule has 0 bridgehead atoms. The molecule has 0 unspecified atom stereocenters. The Morgan fingerprint density at radius 2 is 1.97 bits per heavy atom. The smallest absolute Gasteiger partial charge is 0.422 e. The van der Waals surface area contributed by atoms with Crippen LogP contribution in [0.25, 0.3) is 22.2 Å². The van der Waals surface area contributed by atoms with Gasteiger partial charge in [0, 0.05) is 43.6 Å². The summed E-state index contributed by atoms with van der Waals surface area (Å²) in [6.07, 6.45) is -2.38. The van der Waals surface area contributed by atoms with Crippen LogP contribution in [0.3, 0.4) is 0 Å². The highest BCUT2D eigenvalue weighted by Crippen LogP contribution is 2.37. The van der Waals surface area contributed by atoms with Gasteiger partial charge in [0.2, 0.25) is 11.8 Å². The standard InChI is InChI=1S/C24H28F4N4O3Si/c1-36(2,3)10-9-34-14-32-12-18(16-5-4-8-29-23(16)35-13-24(26,27)28)15-6-7-20(30-21(15)32)31-22(33)17-11-19(17)25/h4-8,12,17,19H,9-11,13-14H2,1-3H3,(H,30,31,33)/t17-,19+/m1/s1. The minimum absolute atomic E-state index is 0.152. The molecular formula is C24H28F4N4O3Si. The highest BCUT2D eigenvalue weighted by atomic mass is 28.3. The van der Waals surface area contributed by atoms with E-state index in [-0.39, 0.29) is 24.8 Å². The van der Waals surface area contributed by atoms with E-state index in [1.165, 1.54) is 6.20 Å². The molecular weight excluding hydrogens is 496 g/mol. The molecule has 3 heterocycles. The molecule has 3 aromatic heterocycles. The minimum atomic E-state index is -4.51. The zero-order valence-corrected chi connectivity index (χ0v) is 21.2. The first-order valence-electron chi connectivity index (χ1n) is 11.6. The molecule has 3 aromatic rings.